The normalized spacial score (nSPS) is 19.5. The fourth-order valence-electron chi connectivity index (χ4n) is 0.466. The van der Waals surface area contributed by atoms with Gasteiger partial charge >= 0.3 is 0 Å². The molecule has 0 aliphatic rings. The maximum Gasteiger partial charge on any atom is 0.157 e. The molecule has 0 aromatic rings. The molecular formula is C5H9ClO3S. The molecule has 5 heteroatoms. The van der Waals surface area contributed by atoms with E-state index in [0.29, 0.717) is 6.29 Å². The van der Waals surface area contributed by atoms with Crippen LogP contribution in [0.2, 0.25) is 0 Å². The van der Waals surface area contributed by atoms with E-state index in [1.54, 1.807) is 6.92 Å². The minimum atomic E-state index is -2.00. The quantitative estimate of drug-likeness (QED) is 0.397. The number of hydrogen-bond acceptors (Lipinski definition) is 2. The Balaban J connectivity index is 4.05. The molecule has 0 saturated carbocycles. The smallest absolute Gasteiger partial charge is 0.157 e. The number of rotatable bonds is 4. The Bertz CT molecular complexity index is 139. The Hall–Kier alpha value is 0.0700. The van der Waals surface area contributed by atoms with Crippen molar-refractivity contribution in [1.29, 1.82) is 0 Å². The van der Waals surface area contributed by atoms with Crippen LogP contribution in [0.1, 0.15) is 6.92 Å². The molecule has 0 aromatic heterocycles. The average molecular weight is 185 g/mol. The molecule has 0 fully saturated rings. The highest BCUT2D eigenvalue weighted by Gasteiger charge is 2.20. The van der Waals surface area contributed by atoms with Gasteiger partial charge in [0.15, 0.2) is 11.1 Å². The first-order chi connectivity index (χ1) is 4.63. The van der Waals surface area contributed by atoms with Gasteiger partial charge < -0.3 is 9.35 Å². The van der Waals surface area contributed by atoms with Crippen molar-refractivity contribution in [2.75, 3.05) is 5.88 Å². The van der Waals surface area contributed by atoms with Crippen molar-refractivity contribution in [3.8, 4) is 0 Å². The van der Waals surface area contributed by atoms with Crippen LogP contribution >= 0.6 is 11.6 Å². The molecule has 0 heterocycles. The molecule has 1 N–H and O–H groups in total. The highest BCUT2D eigenvalue weighted by molar-refractivity contribution is 7.80. The third-order valence-electron chi connectivity index (χ3n) is 1.21. The molecule has 0 aliphatic heterocycles. The fourth-order valence-corrected chi connectivity index (χ4v) is 1.61. The summed E-state index contributed by atoms with van der Waals surface area (Å²) in [5.74, 6) is -0.424. The second-order valence-electron chi connectivity index (χ2n) is 1.96. The Morgan fingerprint density at radius 1 is 1.80 bits per heavy atom. The van der Waals surface area contributed by atoms with Gasteiger partial charge in [0, 0.05) is 11.8 Å². The SMILES string of the molecule is CC(C=O)C(CCl)S(=O)O. The number of alkyl halides is 1. The monoisotopic (exact) mass is 184 g/mol. The van der Waals surface area contributed by atoms with Crippen LogP contribution < -0.4 is 0 Å². The van der Waals surface area contributed by atoms with Crippen molar-refractivity contribution in [1.82, 2.24) is 0 Å². The summed E-state index contributed by atoms with van der Waals surface area (Å²) in [6.07, 6.45) is 0.626. The maximum absolute atomic E-state index is 10.4. The van der Waals surface area contributed by atoms with Crippen LogP contribution in [0.15, 0.2) is 0 Å². The largest absolute Gasteiger partial charge is 0.306 e. The van der Waals surface area contributed by atoms with Crippen LogP contribution in [0.4, 0.5) is 0 Å². The number of carbonyl (C=O) groups excluding carboxylic acids is 1. The van der Waals surface area contributed by atoms with Gasteiger partial charge in [-0.25, -0.2) is 4.21 Å². The van der Waals surface area contributed by atoms with E-state index in [-0.39, 0.29) is 5.88 Å². The Labute approximate surface area is 67.0 Å². The topological polar surface area (TPSA) is 54.4 Å². The van der Waals surface area contributed by atoms with Gasteiger partial charge in [-0.3, -0.25) is 0 Å². The first kappa shape index (κ1) is 10.1. The van der Waals surface area contributed by atoms with Crippen molar-refractivity contribution in [2.24, 2.45) is 5.92 Å². The molecule has 3 atom stereocenters. The molecule has 10 heavy (non-hydrogen) atoms. The van der Waals surface area contributed by atoms with Crippen molar-refractivity contribution in [3.63, 3.8) is 0 Å². The van der Waals surface area contributed by atoms with Crippen LogP contribution in [-0.2, 0) is 15.9 Å². The van der Waals surface area contributed by atoms with E-state index in [9.17, 15) is 9.00 Å². The summed E-state index contributed by atoms with van der Waals surface area (Å²) < 4.78 is 18.9. The van der Waals surface area contributed by atoms with E-state index in [2.05, 4.69) is 0 Å². The highest BCUT2D eigenvalue weighted by Crippen LogP contribution is 2.07. The zero-order chi connectivity index (χ0) is 8.15. The minimum Gasteiger partial charge on any atom is -0.306 e. The third-order valence-corrected chi connectivity index (χ3v) is 2.84. The summed E-state index contributed by atoms with van der Waals surface area (Å²) >= 11 is 3.33. The minimum absolute atomic E-state index is 0.0308. The average Bonchev–Trinajstić information content (AvgIpc) is 1.88. The lowest BCUT2D eigenvalue weighted by molar-refractivity contribution is -0.110. The maximum atomic E-state index is 10.4. The predicted molar refractivity (Wildman–Crippen MR) is 40.5 cm³/mol. The molecule has 0 saturated heterocycles. The van der Waals surface area contributed by atoms with Crippen molar-refractivity contribution in [3.05, 3.63) is 0 Å². The molecule has 3 nitrogen and oxygen atoms in total. The predicted octanol–water partition coefficient (Wildman–Crippen LogP) is 0.651. The van der Waals surface area contributed by atoms with Gasteiger partial charge in [0.05, 0.1) is 5.25 Å². The van der Waals surface area contributed by atoms with Crippen molar-refractivity contribution < 1.29 is 13.6 Å². The molecule has 0 spiro atoms. The van der Waals surface area contributed by atoms with Gasteiger partial charge in [0.1, 0.15) is 6.29 Å². The summed E-state index contributed by atoms with van der Waals surface area (Å²) in [5, 5.41) is -0.640. The number of halogens is 1. The molecule has 0 amide bonds. The van der Waals surface area contributed by atoms with Crippen LogP contribution in [-0.4, -0.2) is 26.2 Å². The van der Waals surface area contributed by atoms with Crippen LogP contribution in [0.25, 0.3) is 0 Å². The lowest BCUT2D eigenvalue weighted by Gasteiger charge is -2.10. The van der Waals surface area contributed by atoms with Gasteiger partial charge in [-0.05, 0) is 0 Å². The van der Waals surface area contributed by atoms with Crippen LogP contribution in [0.5, 0.6) is 0 Å². The molecule has 0 aliphatic carbocycles. The Morgan fingerprint density at radius 3 is 2.40 bits per heavy atom. The van der Waals surface area contributed by atoms with Crippen molar-refractivity contribution in [2.45, 2.75) is 12.2 Å². The van der Waals surface area contributed by atoms with Crippen LogP contribution in [0.3, 0.4) is 0 Å². The Kier molecular flexibility index (Phi) is 4.85. The first-order valence-electron chi connectivity index (χ1n) is 2.74. The van der Waals surface area contributed by atoms with Gasteiger partial charge in [-0.2, -0.15) is 0 Å². The number of hydrogen-bond donors (Lipinski definition) is 1. The van der Waals surface area contributed by atoms with Crippen molar-refractivity contribution >= 4 is 29.0 Å². The molecule has 0 radical (unpaired) electrons. The summed E-state index contributed by atoms with van der Waals surface area (Å²) in [5.41, 5.74) is 0. The number of aldehydes is 1. The summed E-state index contributed by atoms with van der Waals surface area (Å²) in [7, 11) is 0. The van der Waals surface area contributed by atoms with E-state index in [1.165, 1.54) is 0 Å². The van der Waals surface area contributed by atoms with E-state index < -0.39 is 22.2 Å². The second-order valence-corrected chi connectivity index (χ2v) is 3.43. The van der Waals surface area contributed by atoms with E-state index in [4.69, 9.17) is 16.2 Å². The van der Waals surface area contributed by atoms with Gasteiger partial charge in [0.25, 0.3) is 0 Å². The molecule has 3 unspecified atom stereocenters. The van der Waals surface area contributed by atoms with E-state index in [0.717, 1.165) is 0 Å². The zero-order valence-electron chi connectivity index (χ0n) is 5.49. The first-order valence-corrected chi connectivity index (χ1v) is 4.44. The zero-order valence-corrected chi connectivity index (χ0v) is 7.06. The third kappa shape index (κ3) is 2.77. The summed E-state index contributed by atoms with van der Waals surface area (Å²) in [6.45, 7) is 1.56. The molecular weight excluding hydrogens is 176 g/mol. The lowest BCUT2D eigenvalue weighted by Crippen LogP contribution is -2.25. The molecule has 0 bridgehead atoms. The van der Waals surface area contributed by atoms with E-state index >= 15 is 0 Å². The van der Waals surface area contributed by atoms with Gasteiger partial charge in [0.2, 0.25) is 0 Å². The molecule has 0 rings (SSSR count). The fraction of sp³-hybridized carbons (Fsp3) is 0.800. The second kappa shape index (κ2) is 4.82. The highest BCUT2D eigenvalue weighted by atomic mass is 35.5. The van der Waals surface area contributed by atoms with Crippen LogP contribution in [0, 0.1) is 5.92 Å². The summed E-state index contributed by atoms with van der Waals surface area (Å²) in [4.78, 5) is 10.1. The Morgan fingerprint density at radius 2 is 2.30 bits per heavy atom. The van der Waals surface area contributed by atoms with E-state index in [1.807, 2.05) is 0 Å². The van der Waals surface area contributed by atoms with Gasteiger partial charge in [-0.15, -0.1) is 11.6 Å². The number of carbonyl (C=O) groups is 1. The molecule has 0 aromatic carbocycles. The van der Waals surface area contributed by atoms with Gasteiger partial charge in [-0.1, -0.05) is 6.92 Å². The lowest BCUT2D eigenvalue weighted by atomic mass is 10.1. The molecule has 60 valence electrons. The summed E-state index contributed by atoms with van der Waals surface area (Å²) in [6, 6.07) is 0. The standard InChI is InChI=1S/C5H9ClO3S/c1-4(3-7)5(2-6)10(8)9/h3-5H,2H2,1H3,(H,8,9).